The van der Waals surface area contributed by atoms with Crippen molar-refractivity contribution >= 4 is 18.2 Å². The number of Topliss-reactive ketones (excluding diaryl/α,β-unsaturated/α-hetero) is 1. The van der Waals surface area contributed by atoms with Crippen molar-refractivity contribution in [3.05, 3.63) is 47.7 Å². The van der Waals surface area contributed by atoms with Crippen LogP contribution in [-0.4, -0.2) is 38.3 Å². The van der Waals surface area contributed by atoms with Gasteiger partial charge < -0.3 is 24.5 Å². The maximum atomic E-state index is 12.7. The van der Waals surface area contributed by atoms with Crippen LogP contribution in [0.2, 0.25) is 0 Å². The molecule has 0 saturated heterocycles. The molecule has 0 aliphatic heterocycles. The zero-order chi connectivity index (χ0) is 24.1. The molecule has 3 rings (SSSR count). The van der Waals surface area contributed by atoms with Gasteiger partial charge in [-0.2, -0.15) is 0 Å². The molecule has 0 bridgehead atoms. The highest BCUT2D eigenvalue weighted by Crippen LogP contribution is 2.39. The molecule has 2 aromatic carbocycles. The fraction of sp³-hybridized carbons (Fsp3) is 0.385. The summed E-state index contributed by atoms with van der Waals surface area (Å²) in [5, 5.41) is 4.24. The number of hydrogen-bond acceptors (Lipinski definition) is 7. The molecule has 1 aromatic heterocycles. The summed E-state index contributed by atoms with van der Waals surface area (Å²) in [5.74, 6) is 2.27. The Balaban J connectivity index is 0.00000408. The lowest BCUT2D eigenvalue weighted by Crippen LogP contribution is -2.33. The van der Waals surface area contributed by atoms with E-state index in [-0.39, 0.29) is 24.6 Å². The van der Waals surface area contributed by atoms with Crippen molar-refractivity contribution in [2.24, 2.45) is 11.7 Å². The predicted molar refractivity (Wildman–Crippen MR) is 135 cm³/mol. The lowest BCUT2D eigenvalue weighted by molar-refractivity contribution is -0.120. The van der Waals surface area contributed by atoms with Crippen molar-refractivity contribution in [3.8, 4) is 39.6 Å². The summed E-state index contributed by atoms with van der Waals surface area (Å²) in [6, 6.07) is 9.04. The zero-order valence-electron chi connectivity index (χ0n) is 20.5. The van der Waals surface area contributed by atoms with E-state index in [0.29, 0.717) is 35.3 Å². The summed E-state index contributed by atoms with van der Waals surface area (Å²) in [7, 11) is 4.80. The highest BCUT2D eigenvalue weighted by atomic mass is 35.5. The van der Waals surface area contributed by atoms with Gasteiger partial charge in [0.25, 0.3) is 0 Å². The Hall–Kier alpha value is -3.03. The smallest absolute Gasteiger partial charge is 0.163 e. The van der Waals surface area contributed by atoms with Gasteiger partial charge in [0.1, 0.15) is 17.7 Å². The van der Waals surface area contributed by atoms with Crippen molar-refractivity contribution in [1.82, 2.24) is 5.16 Å². The van der Waals surface area contributed by atoms with Crippen LogP contribution in [0.25, 0.3) is 22.4 Å². The minimum Gasteiger partial charge on any atom is -0.496 e. The molecule has 1 heterocycles. The van der Waals surface area contributed by atoms with Gasteiger partial charge in [0.05, 0.1) is 27.4 Å². The first-order valence-electron chi connectivity index (χ1n) is 10.9. The fourth-order valence-corrected chi connectivity index (χ4v) is 3.98. The molecule has 8 heteroatoms. The molecule has 7 nitrogen and oxygen atoms in total. The number of carbonyl (C=O) groups is 1. The Bertz CT molecular complexity index is 1130. The van der Waals surface area contributed by atoms with E-state index in [4.69, 9.17) is 24.5 Å². The Kier molecular flexibility index (Phi) is 9.53. The highest BCUT2D eigenvalue weighted by molar-refractivity contribution is 5.88. The van der Waals surface area contributed by atoms with E-state index < -0.39 is 6.04 Å². The van der Waals surface area contributed by atoms with Crippen LogP contribution in [0.4, 0.5) is 0 Å². The number of aromatic nitrogens is 1. The molecule has 184 valence electrons. The summed E-state index contributed by atoms with van der Waals surface area (Å²) < 4.78 is 21.8. The van der Waals surface area contributed by atoms with E-state index in [1.165, 1.54) is 0 Å². The fourth-order valence-electron chi connectivity index (χ4n) is 3.98. The van der Waals surface area contributed by atoms with Crippen LogP contribution in [0, 0.1) is 12.8 Å². The number of ketones is 1. The molecule has 0 saturated carbocycles. The minimum absolute atomic E-state index is 0. The quantitative estimate of drug-likeness (QED) is 0.416. The number of aryl methyl sites for hydroxylation is 1. The van der Waals surface area contributed by atoms with Crippen LogP contribution in [0.3, 0.4) is 0 Å². The van der Waals surface area contributed by atoms with Gasteiger partial charge in [-0.05, 0) is 54.7 Å². The van der Waals surface area contributed by atoms with Gasteiger partial charge in [0.15, 0.2) is 17.3 Å². The lowest BCUT2D eigenvalue weighted by atomic mass is 9.94. The number of hydrogen-bond donors (Lipinski definition) is 1. The summed E-state index contributed by atoms with van der Waals surface area (Å²) in [4.78, 5) is 12.7. The first-order valence-corrected chi connectivity index (χ1v) is 10.9. The molecular weight excluding hydrogens is 456 g/mol. The standard InChI is InChI=1S/C26H32N2O5.ClH/c1-15(2)9-21(27)22(29)12-18-11-17(7-8-23(18)30-4)20-14-33-28-25(20)19-10-16(3)26(32-6)24(13-19)31-5;/h7-8,10-11,13-15,21H,9,12,27H2,1-6H3;1H. The van der Waals surface area contributed by atoms with Gasteiger partial charge in [-0.25, -0.2) is 0 Å². The molecule has 0 fully saturated rings. The second-order valence-corrected chi connectivity index (χ2v) is 8.51. The van der Waals surface area contributed by atoms with Crippen molar-refractivity contribution in [1.29, 1.82) is 0 Å². The van der Waals surface area contributed by atoms with Crippen molar-refractivity contribution in [3.63, 3.8) is 0 Å². The van der Waals surface area contributed by atoms with E-state index in [1.54, 1.807) is 27.6 Å². The van der Waals surface area contributed by atoms with Crippen LogP contribution >= 0.6 is 12.4 Å². The molecule has 0 amide bonds. The van der Waals surface area contributed by atoms with Gasteiger partial charge in [-0.1, -0.05) is 25.1 Å². The average Bonchev–Trinajstić information content (AvgIpc) is 3.28. The van der Waals surface area contributed by atoms with Crippen LogP contribution in [0.1, 0.15) is 31.4 Å². The van der Waals surface area contributed by atoms with E-state index in [2.05, 4.69) is 19.0 Å². The molecular formula is C26H33ClN2O5. The number of nitrogens with zero attached hydrogens (tertiary/aromatic N) is 1. The van der Waals surface area contributed by atoms with E-state index in [1.807, 2.05) is 37.3 Å². The van der Waals surface area contributed by atoms with Gasteiger partial charge in [-0.15, -0.1) is 12.4 Å². The number of benzene rings is 2. The number of methoxy groups -OCH3 is 3. The third kappa shape index (κ3) is 5.90. The third-order valence-electron chi connectivity index (χ3n) is 5.60. The summed E-state index contributed by atoms with van der Waals surface area (Å²) in [6.07, 6.45) is 2.44. The monoisotopic (exact) mass is 488 g/mol. The Morgan fingerprint density at radius 3 is 2.35 bits per heavy atom. The number of carbonyl (C=O) groups excluding carboxylic acids is 1. The molecule has 3 aromatic rings. The Morgan fingerprint density at radius 1 is 1.03 bits per heavy atom. The second kappa shape index (κ2) is 11.9. The second-order valence-electron chi connectivity index (χ2n) is 8.51. The summed E-state index contributed by atoms with van der Waals surface area (Å²) in [5.41, 5.74) is 11.0. The van der Waals surface area contributed by atoms with Crippen LogP contribution in [0.5, 0.6) is 17.2 Å². The van der Waals surface area contributed by atoms with E-state index in [0.717, 1.165) is 27.8 Å². The molecule has 0 spiro atoms. The molecule has 0 aliphatic rings. The molecule has 2 N–H and O–H groups in total. The van der Waals surface area contributed by atoms with Crippen LogP contribution in [0.15, 0.2) is 41.1 Å². The highest BCUT2D eigenvalue weighted by Gasteiger charge is 2.20. The largest absolute Gasteiger partial charge is 0.496 e. The van der Waals surface area contributed by atoms with Gasteiger partial charge >= 0.3 is 0 Å². The Morgan fingerprint density at radius 2 is 1.74 bits per heavy atom. The number of nitrogens with two attached hydrogens (primary N) is 1. The van der Waals surface area contributed by atoms with Crippen molar-refractivity contribution in [2.75, 3.05) is 21.3 Å². The maximum Gasteiger partial charge on any atom is 0.163 e. The van der Waals surface area contributed by atoms with Crippen molar-refractivity contribution < 1.29 is 23.5 Å². The van der Waals surface area contributed by atoms with Gasteiger partial charge in [-0.3, -0.25) is 4.79 Å². The first-order chi connectivity index (χ1) is 15.8. The summed E-state index contributed by atoms with van der Waals surface area (Å²) >= 11 is 0. The SMILES string of the molecule is COc1ccc(-c2conc2-c2cc(C)c(OC)c(OC)c2)cc1CC(=O)C(N)CC(C)C.Cl. The van der Waals surface area contributed by atoms with Gasteiger partial charge in [0, 0.05) is 23.1 Å². The average molecular weight is 489 g/mol. The van der Waals surface area contributed by atoms with E-state index in [9.17, 15) is 4.79 Å². The normalized spacial score (nSPS) is 11.6. The molecule has 1 atom stereocenters. The zero-order valence-corrected chi connectivity index (χ0v) is 21.3. The summed E-state index contributed by atoms with van der Waals surface area (Å²) in [6.45, 7) is 6.05. The molecule has 1 unspecified atom stereocenters. The number of halogens is 1. The number of ether oxygens (including phenoxy) is 3. The topological polar surface area (TPSA) is 96.8 Å². The predicted octanol–water partition coefficient (Wildman–Crippen LogP) is 5.25. The minimum atomic E-state index is -0.501. The number of rotatable bonds is 10. The van der Waals surface area contributed by atoms with Gasteiger partial charge in [0.2, 0.25) is 0 Å². The molecule has 0 aliphatic carbocycles. The Labute approximate surface area is 207 Å². The van der Waals surface area contributed by atoms with E-state index >= 15 is 0 Å². The van der Waals surface area contributed by atoms with Crippen molar-refractivity contribution in [2.45, 2.75) is 39.7 Å². The van der Waals surface area contributed by atoms with Crippen LogP contribution in [-0.2, 0) is 11.2 Å². The maximum absolute atomic E-state index is 12.7. The molecule has 34 heavy (non-hydrogen) atoms. The third-order valence-corrected chi connectivity index (χ3v) is 5.60. The first kappa shape index (κ1) is 27.2. The van der Waals surface area contributed by atoms with Crippen LogP contribution < -0.4 is 19.9 Å². The lowest BCUT2D eigenvalue weighted by Gasteiger charge is -2.15. The molecule has 0 radical (unpaired) electrons.